The number of hydrogen-bond acceptors (Lipinski definition) is 4. The predicted octanol–water partition coefficient (Wildman–Crippen LogP) is 1.33. The first-order chi connectivity index (χ1) is 11.6. The van der Waals surface area contributed by atoms with Crippen LogP contribution in [0.15, 0.2) is 24.8 Å². The molecule has 7 nitrogen and oxygen atoms in total. The molecule has 0 N–H and O–H groups in total. The summed E-state index contributed by atoms with van der Waals surface area (Å²) >= 11 is 0. The number of aromatic nitrogens is 4. The van der Waals surface area contributed by atoms with Crippen LogP contribution >= 0.6 is 0 Å². The van der Waals surface area contributed by atoms with Crippen LogP contribution in [0.4, 0.5) is 0 Å². The lowest BCUT2D eigenvalue weighted by Gasteiger charge is -2.38. The van der Waals surface area contributed by atoms with Crippen LogP contribution in [0.3, 0.4) is 0 Å². The molecule has 2 aliphatic rings. The fraction of sp³-hybridized carbons (Fsp3) is 0.588. The van der Waals surface area contributed by atoms with Crippen LogP contribution in [-0.4, -0.2) is 55.4 Å². The normalized spacial score (nSPS) is 23.1. The van der Waals surface area contributed by atoms with Crippen molar-refractivity contribution in [3.05, 3.63) is 36.2 Å². The van der Waals surface area contributed by atoms with E-state index in [4.69, 9.17) is 4.74 Å². The summed E-state index contributed by atoms with van der Waals surface area (Å²) < 4.78 is 9.82. The van der Waals surface area contributed by atoms with Gasteiger partial charge in [-0.1, -0.05) is 0 Å². The number of likely N-dealkylation sites (tertiary alicyclic amines) is 1. The second-order valence-corrected chi connectivity index (χ2v) is 7.00. The summed E-state index contributed by atoms with van der Waals surface area (Å²) in [6.45, 7) is 2.20. The molecule has 2 aliphatic heterocycles. The Labute approximate surface area is 141 Å². The molecule has 1 atom stereocenters. The van der Waals surface area contributed by atoms with Gasteiger partial charge in [0.1, 0.15) is 0 Å². The summed E-state index contributed by atoms with van der Waals surface area (Å²) in [5.41, 5.74) is 1.17. The molecule has 1 unspecified atom stereocenters. The third-order valence-corrected chi connectivity index (χ3v) is 5.38. The molecule has 0 aromatic carbocycles. The Morgan fingerprint density at radius 2 is 2.12 bits per heavy atom. The van der Waals surface area contributed by atoms with Gasteiger partial charge in [0, 0.05) is 51.7 Å². The smallest absolute Gasteiger partial charge is 0.289 e. The molecule has 128 valence electrons. The number of carbonyl (C=O) groups excluding carboxylic acids is 1. The van der Waals surface area contributed by atoms with Crippen LogP contribution in [0, 0.1) is 0 Å². The van der Waals surface area contributed by atoms with Crippen molar-refractivity contribution in [3.63, 3.8) is 0 Å². The molecule has 2 fully saturated rings. The van der Waals surface area contributed by atoms with E-state index in [0.717, 1.165) is 39.0 Å². The molecule has 4 heterocycles. The summed E-state index contributed by atoms with van der Waals surface area (Å²) in [5.74, 6) is 0.932. The van der Waals surface area contributed by atoms with Crippen LogP contribution in [-0.2, 0) is 18.8 Å². The minimum Gasteiger partial charge on any atom is -0.374 e. The molecule has 0 saturated carbocycles. The minimum absolute atomic E-state index is 0.0131. The van der Waals surface area contributed by atoms with Gasteiger partial charge >= 0.3 is 0 Å². The van der Waals surface area contributed by atoms with Crippen molar-refractivity contribution in [1.82, 2.24) is 24.2 Å². The second-order valence-electron chi connectivity index (χ2n) is 7.00. The van der Waals surface area contributed by atoms with Gasteiger partial charge in [0.25, 0.3) is 5.91 Å². The molecule has 4 rings (SSSR count). The molecule has 2 aromatic rings. The zero-order valence-electron chi connectivity index (χ0n) is 14.2. The number of piperidine rings is 1. The molecule has 1 spiro atoms. The first-order valence-electron chi connectivity index (χ1n) is 8.45. The molecule has 0 bridgehead atoms. The summed E-state index contributed by atoms with van der Waals surface area (Å²) in [6, 6.07) is 0. The van der Waals surface area contributed by atoms with E-state index < -0.39 is 0 Å². The summed E-state index contributed by atoms with van der Waals surface area (Å²) in [5, 5.41) is 4.27. The Bertz CT molecular complexity index is 742. The number of amides is 1. The Morgan fingerprint density at radius 3 is 2.75 bits per heavy atom. The van der Waals surface area contributed by atoms with E-state index in [1.165, 1.54) is 5.56 Å². The Morgan fingerprint density at radius 1 is 1.33 bits per heavy atom. The average Bonchev–Trinajstić information content (AvgIpc) is 3.28. The standard InChI is InChI=1S/C17H23N5O2/c1-20-8-5-18-15(20)16(23)22-6-3-17(4-7-22)9-13(12-24-17)14-10-19-21(2)11-14/h5,8,10-11,13H,3-4,6-7,9,12H2,1-2H3. The number of ether oxygens (including phenoxy) is 1. The van der Waals surface area contributed by atoms with Gasteiger partial charge in [-0.25, -0.2) is 4.98 Å². The molecule has 24 heavy (non-hydrogen) atoms. The minimum atomic E-state index is -0.0844. The van der Waals surface area contributed by atoms with Crippen molar-refractivity contribution < 1.29 is 9.53 Å². The predicted molar refractivity (Wildman–Crippen MR) is 87.6 cm³/mol. The van der Waals surface area contributed by atoms with Crippen molar-refractivity contribution >= 4 is 5.91 Å². The number of carbonyl (C=O) groups is 1. The Kier molecular flexibility index (Phi) is 3.68. The van der Waals surface area contributed by atoms with E-state index in [1.54, 1.807) is 17.0 Å². The highest BCUT2D eigenvalue weighted by Crippen LogP contribution is 2.42. The Balaban J connectivity index is 1.39. The molecule has 7 heteroatoms. The van der Waals surface area contributed by atoms with E-state index in [0.29, 0.717) is 11.7 Å². The third-order valence-electron chi connectivity index (χ3n) is 5.38. The van der Waals surface area contributed by atoms with Crippen LogP contribution < -0.4 is 0 Å². The topological polar surface area (TPSA) is 65.2 Å². The van der Waals surface area contributed by atoms with Crippen LogP contribution in [0.2, 0.25) is 0 Å². The van der Waals surface area contributed by atoms with Gasteiger partial charge in [-0.2, -0.15) is 5.10 Å². The summed E-state index contributed by atoms with van der Waals surface area (Å²) in [7, 11) is 3.79. The van der Waals surface area contributed by atoms with Crippen molar-refractivity contribution in [2.45, 2.75) is 30.8 Å². The van der Waals surface area contributed by atoms with Crippen LogP contribution in [0.1, 0.15) is 41.4 Å². The van der Waals surface area contributed by atoms with E-state index >= 15 is 0 Å². The van der Waals surface area contributed by atoms with Gasteiger partial charge in [0.05, 0.1) is 18.4 Å². The highest BCUT2D eigenvalue weighted by atomic mass is 16.5. The molecule has 2 saturated heterocycles. The number of hydrogen-bond donors (Lipinski definition) is 0. The molecule has 0 radical (unpaired) electrons. The number of nitrogens with zero attached hydrogens (tertiary/aromatic N) is 5. The largest absolute Gasteiger partial charge is 0.374 e. The maximum absolute atomic E-state index is 12.6. The van der Waals surface area contributed by atoms with E-state index in [9.17, 15) is 4.79 Å². The van der Waals surface area contributed by atoms with Gasteiger partial charge in [0.2, 0.25) is 0 Å². The zero-order valence-corrected chi connectivity index (χ0v) is 14.2. The maximum atomic E-state index is 12.6. The van der Waals surface area contributed by atoms with Crippen LogP contribution in [0.5, 0.6) is 0 Å². The monoisotopic (exact) mass is 329 g/mol. The number of rotatable bonds is 2. The van der Waals surface area contributed by atoms with E-state index in [2.05, 4.69) is 16.3 Å². The average molecular weight is 329 g/mol. The lowest BCUT2D eigenvalue weighted by atomic mass is 9.84. The van der Waals surface area contributed by atoms with Crippen molar-refractivity contribution in [3.8, 4) is 0 Å². The first-order valence-corrected chi connectivity index (χ1v) is 8.45. The van der Waals surface area contributed by atoms with E-state index in [1.807, 2.05) is 29.9 Å². The van der Waals surface area contributed by atoms with Crippen molar-refractivity contribution in [2.24, 2.45) is 14.1 Å². The molecule has 1 amide bonds. The summed E-state index contributed by atoms with van der Waals surface area (Å²) in [6.07, 6.45) is 10.3. The van der Waals surface area contributed by atoms with Gasteiger partial charge in [-0.05, 0) is 24.8 Å². The Hall–Kier alpha value is -2.15. The number of aryl methyl sites for hydroxylation is 2. The maximum Gasteiger partial charge on any atom is 0.289 e. The SMILES string of the molecule is Cn1cc(C2COC3(CCN(C(=O)c4nccn4C)CC3)C2)cn1. The van der Waals surface area contributed by atoms with Gasteiger partial charge in [0.15, 0.2) is 5.82 Å². The number of imidazole rings is 1. The van der Waals surface area contributed by atoms with Gasteiger partial charge in [-0.15, -0.1) is 0 Å². The fourth-order valence-electron chi connectivity index (χ4n) is 3.89. The quantitative estimate of drug-likeness (QED) is 0.834. The second kappa shape index (κ2) is 5.73. The van der Waals surface area contributed by atoms with Gasteiger partial charge in [-0.3, -0.25) is 9.48 Å². The van der Waals surface area contributed by atoms with Crippen molar-refractivity contribution in [1.29, 1.82) is 0 Å². The van der Waals surface area contributed by atoms with Crippen molar-refractivity contribution in [2.75, 3.05) is 19.7 Å². The molecule has 2 aromatic heterocycles. The highest BCUT2D eigenvalue weighted by molar-refractivity contribution is 5.90. The zero-order chi connectivity index (χ0) is 16.7. The van der Waals surface area contributed by atoms with Crippen LogP contribution in [0.25, 0.3) is 0 Å². The summed E-state index contributed by atoms with van der Waals surface area (Å²) in [4.78, 5) is 18.6. The third kappa shape index (κ3) is 2.62. The van der Waals surface area contributed by atoms with E-state index in [-0.39, 0.29) is 11.5 Å². The lowest BCUT2D eigenvalue weighted by Crippen LogP contribution is -2.47. The molecule has 0 aliphatic carbocycles. The first kappa shape index (κ1) is 15.4. The van der Waals surface area contributed by atoms with Gasteiger partial charge < -0.3 is 14.2 Å². The molecular formula is C17H23N5O2. The highest BCUT2D eigenvalue weighted by Gasteiger charge is 2.44. The lowest BCUT2D eigenvalue weighted by molar-refractivity contribution is -0.0390. The fourth-order valence-corrected chi connectivity index (χ4v) is 3.89. The molecular weight excluding hydrogens is 306 g/mol.